The average molecular weight is 593 g/mol. The summed E-state index contributed by atoms with van der Waals surface area (Å²) in [4.78, 5) is 29.4. The Bertz CT molecular complexity index is 1670. The Morgan fingerprint density at radius 2 is 1.98 bits per heavy atom. The van der Waals surface area contributed by atoms with Crippen molar-refractivity contribution < 1.29 is 19.6 Å². The lowest BCUT2D eigenvalue weighted by Crippen LogP contribution is -2.31. The number of nitrogens with zero attached hydrogens (tertiary/aromatic N) is 4. The van der Waals surface area contributed by atoms with Crippen LogP contribution in [0.15, 0.2) is 83.2 Å². The molecule has 0 spiro atoms. The molecule has 1 unspecified atom stereocenters. The molecule has 13 heteroatoms. The van der Waals surface area contributed by atoms with Crippen LogP contribution in [0.3, 0.4) is 0 Å². The van der Waals surface area contributed by atoms with E-state index in [1.807, 2.05) is 25.1 Å². The van der Waals surface area contributed by atoms with Crippen LogP contribution in [0.4, 0.5) is 17.3 Å². The number of halogens is 1. The molecular weight excluding hydrogens is 568 g/mol. The molecule has 1 amide bonds. The van der Waals surface area contributed by atoms with Crippen LogP contribution in [-0.4, -0.2) is 37.3 Å². The summed E-state index contributed by atoms with van der Waals surface area (Å²) in [5.41, 5.74) is 2.00. The minimum Gasteiger partial charge on any atom is -0.502 e. The van der Waals surface area contributed by atoms with Crippen molar-refractivity contribution in [2.45, 2.75) is 30.8 Å². The minimum absolute atomic E-state index is 0.261. The van der Waals surface area contributed by atoms with Gasteiger partial charge in [0.1, 0.15) is 11.8 Å². The number of benzene rings is 3. The number of phenolic OH excluding ortho intramolecular Hbond substituents is 1. The van der Waals surface area contributed by atoms with Gasteiger partial charge < -0.3 is 20.5 Å². The van der Waals surface area contributed by atoms with Gasteiger partial charge >= 0.3 is 5.69 Å². The van der Waals surface area contributed by atoms with Crippen molar-refractivity contribution in [3.8, 4) is 11.5 Å². The van der Waals surface area contributed by atoms with Gasteiger partial charge in [0.2, 0.25) is 11.1 Å². The molecule has 1 aliphatic rings. The summed E-state index contributed by atoms with van der Waals surface area (Å²) >= 11 is 7.67. The Hall–Kier alpha value is -4.55. The maximum absolute atomic E-state index is 13.8. The summed E-state index contributed by atoms with van der Waals surface area (Å²) in [5, 5.41) is 33.5. The second kappa shape index (κ2) is 11.9. The predicted molar refractivity (Wildman–Crippen MR) is 156 cm³/mol. The molecule has 2 heterocycles. The van der Waals surface area contributed by atoms with Crippen LogP contribution in [0.25, 0.3) is 0 Å². The molecule has 5 rings (SSSR count). The lowest BCUT2D eigenvalue weighted by Gasteiger charge is -2.28. The number of phenols is 1. The summed E-state index contributed by atoms with van der Waals surface area (Å²) < 4.78 is 7.18. The number of thioether (sulfide) groups is 1. The van der Waals surface area contributed by atoms with E-state index in [0.29, 0.717) is 51.2 Å². The van der Waals surface area contributed by atoms with Gasteiger partial charge in [-0.15, -0.1) is 5.10 Å². The lowest BCUT2D eigenvalue weighted by molar-refractivity contribution is -0.385. The SMILES string of the molecule is CCOc1ccccc1NC(=O)C1=C(C)Nc2nc(SCc3ccccc3Cl)nn2C1c1ccc(O)c([N+](=O)[O-])c1. The first-order chi connectivity index (χ1) is 19.8. The molecular formula is C28H25ClN6O5S. The number of nitro benzene ring substituents is 1. The highest BCUT2D eigenvalue weighted by Crippen LogP contribution is 2.40. The highest BCUT2D eigenvalue weighted by atomic mass is 35.5. The first kappa shape index (κ1) is 28.0. The van der Waals surface area contributed by atoms with E-state index >= 15 is 0 Å². The quantitative estimate of drug-likeness (QED) is 0.118. The number of hydrogen-bond donors (Lipinski definition) is 3. The third kappa shape index (κ3) is 5.83. The van der Waals surface area contributed by atoms with Gasteiger partial charge in [-0.3, -0.25) is 14.9 Å². The van der Waals surface area contributed by atoms with Gasteiger partial charge in [0, 0.05) is 22.5 Å². The smallest absolute Gasteiger partial charge is 0.311 e. The first-order valence-electron chi connectivity index (χ1n) is 12.6. The van der Waals surface area contributed by atoms with Gasteiger partial charge in [0.25, 0.3) is 5.91 Å². The second-order valence-corrected chi connectivity index (χ2v) is 10.3. The zero-order valence-corrected chi connectivity index (χ0v) is 23.6. The molecule has 0 aliphatic carbocycles. The molecule has 0 saturated heterocycles. The topological polar surface area (TPSA) is 144 Å². The molecule has 0 bridgehead atoms. The maximum atomic E-state index is 13.8. The van der Waals surface area contributed by atoms with Crippen molar-refractivity contribution >= 4 is 46.6 Å². The summed E-state index contributed by atoms with van der Waals surface area (Å²) in [7, 11) is 0. The molecule has 41 heavy (non-hydrogen) atoms. The molecule has 11 nitrogen and oxygen atoms in total. The fourth-order valence-corrected chi connectivity index (χ4v) is 5.57. The summed E-state index contributed by atoms with van der Waals surface area (Å²) in [6.07, 6.45) is 0. The van der Waals surface area contributed by atoms with Gasteiger partial charge in [0.15, 0.2) is 5.75 Å². The highest BCUT2D eigenvalue weighted by Gasteiger charge is 2.36. The van der Waals surface area contributed by atoms with Crippen LogP contribution in [0, 0.1) is 10.1 Å². The zero-order valence-electron chi connectivity index (χ0n) is 22.0. The van der Waals surface area contributed by atoms with Crippen molar-refractivity contribution in [3.05, 3.63) is 104 Å². The van der Waals surface area contributed by atoms with Crippen molar-refractivity contribution in [2.24, 2.45) is 0 Å². The van der Waals surface area contributed by atoms with E-state index in [0.717, 1.165) is 5.56 Å². The van der Waals surface area contributed by atoms with E-state index in [9.17, 15) is 20.0 Å². The van der Waals surface area contributed by atoms with Gasteiger partial charge in [-0.2, -0.15) is 4.98 Å². The number of hydrogen-bond acceptors (Lipinski definition) is 9. The minimum atomic E-state index is -0.896. The fraction of sp³-hybridized carbons (Fsp3) is 0.179. The maximum Gasteiger partial charge on any atom is 0.311 e. The third-order valence-electron chi connectivity index (χ3n) is 6.34. The van der Waals surface area contributed by atoms with E-state index in [4.69, 9.17) is 16.3 Å². The van der Waals surface area contributed by atoms with Crippen LogP contribution < -0.4 is 15.4 Å². The van der Waals surface area contributed by atoms with Crippen LogP contribution in [0.5, 0.6) is 11.5 Å². The molecule has 1 atom stereocenters. The standard InChI is InChI=1S/C28H25ClN6O5S/c1-3-40-23-11-7-6-10-20(23)31-26(37)24-16(2)30-27-32-28(41-15-18-8-4-5-9-19(18)29)33-34(27)25(24)17-12-13-22(36)21(14-17)35(38)39/h4-14,25,36H,3,15H2,1-2H3,(H,31,37)(H,30,32,33). The number of anilines is 2. The van der Waals surface area contributed by atoms with Crippen molar-refractivity contribution in [3.63, 3.8) is 0 Å². The van der Waals surface area contributed by atoms with Gasteiger partial charge in [-0.05, 0) is 49.2 Å². The number of allylic oxidation sites excluding steroid dienone is 1. The Kier molecular flexibility index (Phi) is 8.13. The molecule has 0 fully saturated rings. The molecule has 1 aliphatic heterocycles. The number of para-hydroxylation sites is 2. The van der Waals surface area contributed by atoms with Crippen LogP contribution >= 0.6 is 23.4 Å². The predicted octanol–water partition coefficient (Wildman–Crippen LogP) is 6.16. The second-order valence-electron chi connectivity index (χ2n) is 9.00. The first-order valence-corrected chi connectivity index (χ1v) is 13.9. The van der Waals surface area contributed by atoms with Crippen molar-refractivity contribution in [2.75, 3.05) is 17.2 Å². The number of aromatic nitrogens is 3. The fourth-order valence-electron chi connectivity index (χ4n) is 4.45. The number of amides is 1. The molecule has 4 aromatic rings. The molecule has 1 aromatic heterocycles. The number of nitro groups is 1. The normalized spacial score (nSPS) is 14.3. The zero-order chi connectivity index (χ0) is 29.1. The van der Waals surface area contributed by atoms with E-state index in [2.05, 4.69) is 20.7 Å². The number of rotatable bonds is 9. The Morgan fingerprint density at radius 1 is 1.22 bits per heavy atom. The molecule has 3 N–H and O–H groups in total. The van der Waals surface area contributed by atoms with E-state index in [-0.39, 0.29) is 5.57 Å². The number of carbonyl (C=O) groups is 1. The van der Waals surface area contributed by atoms with E-state index < -0.39 is 28.3 Å². The summed E-state index contributed by atoms with van der Waals surface area (Å²) in [6.45, 7) is 3.98. The number of aromatic hydroxyl groups is 1. The molecule has 0 radical (unpaired) electrons. The Balaban J connectivity index is 1.55. The Morgan fingerprint density at radius 3 is 2.73 bits per heavy atom. The van der Waals surface area contributed by atoms with Crippen molar-refractivity contribution in [1.29, 1.82) is 0 Å². The van der Waals surface area contributed by atoms with Crippen molar-refractivity contribution in [1.82, 2.24) is 14.8 Å². The summed E-state index contributed by atoms with van der Waals surface area (Å²) in [6, 6.07) is 17.6. The van der Waals surface area contributed by atoms with Gasteiger partial charge in [-0.1, -0.05) is 59.8 Å². The van der Waals surface area contributed by atoms with Crippen LogP contribution in [0.1, 0.15) is 31.0 Å². The molecule has 3 aromatic carbocycles. The largest absolute Gasteiger partial charge is 0.502 e. The third-order valence-corrected chi connectivity index (χ3v) is 7.59. The monoisotopic (exact) mass is 592 g/mol. The van der Waals surface area contributed by atoms with Crippen LogP contribution in [0.2, 0.25) is 5.02 Å². The van der Waals surface area contributed by atoms with Crippen LogP contribution in [-0.2, 0) is 10.5 Å². The Labute approximate surface area is 244 Å². The number of nitrogens with one attached hydrogen (secondary N) is 2. The molecule has 210 valence electrons. The van der Waals surface area contributed by atoms with E-state index in [1.54, 1.807) is 37.3 Å². The number of ether oxygens (including phenoxy) is 1. The highest BCUT2D eigenvalue weighted by molar-refractivity contribution is 7.98. The van der Waals surface area contributed by atoms with Gasteiger partial charge in [-0.25, -0.2) is 4.68 Å². The molecule has 0 saturated carbocycles. The average Bonchev–Trinajstić information content (AvgIpc) is 3.35. The van der Waals surface area contributed by atoms with E-state index in [1.165, 1.54) is 34.6 Å². The number of carbonyl (C=O) groups excluding carboxylic acids is 1. The summed E-state index contributed by atoms with van der Waals surface area (Å²) in [5.74, 6) is 0.416. The van der Waals surface area contributed by atoms with Gasteiger partial charge in [0.05, 0.1) is 22.8 Å². The lowest BCUT2D eigenvalue weighted by atomic mass is 9.94. The number of fused-ring (bicyclic) bond motifs is 1.